The SMILES string of the molecule is CO/C(C)=C/C(=C\C=N)Cc1ccccccc(NC=NC2CCOCC2)c(C=O)c1. The molecule has 0 radical (unpaired) electrons. The van der Waals surface area contributed by atoms with Crippen molar-refractivity contribution in [2.75, 3.05) is 25.6 Å². The highest BCUT2D eigenvalue weighted by atomic mass is 16.5. The van der Waals surface area contributed by atoms with Gasteiger partial charge in [0.25, 0.3) is 0 Å². The summed E-state index contributed by atoms with van der Waals surface area (Å²) in [5.74, 6) is 0.748. The molecule has 1 aromatic carbocycles. The molecule has 31 heavy (non-hydrogen) atoms. The third-order valence-corrected chi connectivity index (χ3v) is 4.80. The Morgan fingerprint density at radius 1 is 1.26 bits per heavy atom. The van der Waals surface area contributed by atoms with Crippen molar-refractivity contribution in [2.45, 2.75) is 32.2 Å². The number of anilines is 1. The summed E-state index contributed by atoms with van der Waals surface area (Å²) < 4.78 is 10.6. The van der Waals surface area contributed by atoms with Crippen LogP contribution in [0.4, 0.5) is 5.69 Å². The van der Waals surface area contributed by atoms with Gasteiger partial charge in [0.1, 0.15) is 0 Å². The Morgan fingerprint density at radius 2 is 2.00 bits per heavy atom. The molecule has 0 amide bonds. The first-order valence-corrected chi connectivity index (χ1v) is 10.4. The van der Waals surface area contributed by atoms with Gasteiger partial charge in [-0.05, 0) is 61.6 Å². The Balaban J connectivity index is 2.36. The number of nitrogens with one attached hydrogen (secondary N) is 2. The van der Waals surface area contributed by atoms with E-state index in [2.05, 4.69) is 10.3 Å². The minimum atomic E-state index is 0.239. The Hall–Kier alpha value is -3.25. The molecule has 0 unspecified atom stereocenters. The zero-order valence-corrected chi connectivity index (χ0v) is 18.2. The molecule has 0 spiro atoms. The number of carbonyl (C=O) groups is 1. The summed E-state index contributed by atoms with van der Waals surface area (Å²) in [4.78, 5) is 16.5. The second-order valence-corrected chi connectivity index (χ2v) is 7.12. The fourth-order valence-corrected chi connectivity index (χ4v) is 3.09. The Morgan fingerprint density at radius 3 is 2.68 bits per heavy atom. The smallest absolute Gasteiger partial charge is 0.152 e. The number of aldehydes is 1. The molecule has 1 saturated heterocycles. The molecule has 0 aromatic heterocycles. The summed E-state index contributed by atoms with van der Waals surface area (Å²) in [6.07, 6.45) is 9.72. The van der Waals surface area contributed by atoms with E-state index < -0.39 is 0 Å². The number of carbonyl (C=O) groups excluding carboxylic acids is 1. The molecular weight excluding hydrogens is 390 g/mol. The first-order chi connectivity index (χ1) is 15.2. The van der Waals surface area contributed by atoms with Gasteiger partial charge < -0.3 is 20.2 Å². The maximum Gasteiger partial charge on any atom is 0.152 e. The number of hydrogen-bond acceptors (Lipinski definition) is 5. The maximum atomic E-state index is 11.9. The third-order valence-electron chi connectivity index (χ3n) is 4.80. The number of ether oxygens (including phenoxy) is 2. The minimum absolute atomic E-state index is 0.239. The molecule has 1 heterocycles. The lowest BCUT2D eigenvalue weighted by Crippen LogP contribution is -2.19. The Labute approximate surface area is 184 Å². The van der Waals surface area contributed by atoms with Crippen LogP contribution >= 0.6 is 0 Å². The molecule has 1 fully saturated rings. The highest BCUT2D eigenvalue weighted by Gasteiger charge is 2.11. The van der Waals surface area contributed by atoms with Crippen LogP contribution in [0.3, 0.4) is 0 Å². The zero-order chi connectivity index (χ0) is 22.3. The van der Waals surface area contributed by atoms with Gasteiger partial charge in [-0.3, -0.25) is 9.79 Å². The lowest BCUT2D eigenvalue weighted by Gasteiger charge is -2.17. The van der Waals surface area contributed by atoms with Crippen LogP contribution in [0, 0.1) is 5.41 Å². The van der Waals surface area contributed by atoms with Crippen molar-refractivity contribution in [3.8, 4) is 0 Å². The Bertz CT molecular complexity index is 883. The molecule has 0 saturated carbocycles. The molecule has 6 nitrogen and oxygen atoms in total. The van der Waals surface area contributed by atoms with E-state index in [9.17, 15) is 4.79 Å². The van der Waals surface area contributed by atoms with Crippen LogP contribution in [-0.4, -0.2) is 45.2 Å². The number of allylic oxidation sites excluding steroid dienone is 4. The van der Waals surface area contributed by atoms with E-state index in [0.717, 1.165) is 49.2 Å². The predicted octanol–water partition coefficient (Wildman–Crippen LogP) is 4.91. The summed E-state index contributed by atoms with van der Waals surface area (Å²) in [5, 5.41) is 10.6. The van der Waals surface area contributed by atoms with E-state index in [-0.39, 0.29) is 6.04 Å². The van der Waals surface area contributed by atoms with Crippen LogP contribution in [0.5, 0.6) is 0 Å². The molecule has 0 atom stereocenters. The first-order valence-electron chi connectivity index (χ1n) is 10.4. The lowest BCUT2D eigenvalue weighted by atomic mass is 10.0. The van der Waals surface area contributed by atoms with Crippen molar-refractivity contribution in [1.82, 2.24) is 0 Å². The van der Waals surface area contributed by atoms with E-state index in [1.54, 1.807) is 19.5 Å². The van der Waals surface area contributed by atoms with Crippen LogP contribution < -0.4 is 5.32 Å². The molecule has 1 aliphatic heterocycles. The van der Waals surface area contributed by atoms with Gasteiger partial charge in [-0.2, -0.15) is 0 Å². The van der Waals surface area contributed by atoms with Crippen LogP contribution in [0.25, 0.3) is 0 Å². The summed E-state index contributed by atoms with van der Waals surface area (Å²) in [5.41, 5.74) is 3.02. The second kappa shape index (κ2) is 13.9. The molecule has 1 aromatic rings. The summed E-state index contributed by atoms with van der Waals surface area (Å²) in [6, 6.07) is 13.5. The number of nitrogens with zero attached hydrogens (tertiary/aromatic N) is 1. The minimum Gasteiger partial charge on any atom is -0.501 e. The number of aliphatic imine (C=N–C) groups is 1. The largest absolute Gasteiger partial charge is 0.501 e. The van der Waals surface area contributed by atoms with Gasteiger partial charge in [0.05, 0.1) is 25.2 Å². The van der Waals surface area contributed by atoms with Crippen molar-refractivity contribution in [2.24, 2.45) is 4.99 Å². The molecular formula is C25H31N3O3. The Kier molecular flexibility index (Phi) is 10.8. The van der Waals surface area contributed by atoms with Crippen LogP contribution in [0.1, 0.15) is 35.7 Å². The maximum absolute atomic E-state index is 11.9. The van der Waals surface area contributed by atoms with Gasteiger partial charge >= 0.3 is 0 Å². The molecule has 2 N–H and O–H groups in total. The van der Waals surface area contributed by atoms with Crippen molar-refractivity contribution in [3.05, 3.63) is 77.1 Å². The molecule has 0 bridgehead atoms. The fraction of sp³-hybridized carbons (Fsp3) is 0.320. The summed E-state index contributed by atoms with van der Waals surface area (Å²) >= 11 is 0. The van der Waals surface area contributed by atoms with Gasteiger partial charge in [0, 0.05) is 30.7 Å². The van der Waals surface area contributed by atoms with Crippen LogP contribution in [0.2, 0.25) is 0 Å². The van der Waals surface area contributed by atoms with Crippen molar-refractivity contribution in [1.29, 1.82) is 5.41 Å². The molecule has 1 aliphatic rings. The van der Waals surface area contributed by atoms with Crippen LogP contribution in [-0.2, 0) is 15.9 Å². The predicted molar refractivity (Wildman–Crippen MR) is 127 cm³/mol. The van der Waals surface area contributed by atoms with Gasteiger partial charge in [0.15, 0.2) is 6.29 Å². The van der Waals surface area contributed by atoms with E-state index in [1.807, 2.05) is 55.5 Å². The van der Waals surface area contributed by atoms with E-state index in [4.69, 9.17) is 14.9 Å². The van der Waals surface area contributed by atoms with Crippen LogP contribution in [0.15, 0.2) is 70.9 Å². The van der Waals surface area contributed by atoms with E-state index in [1.165, 1.54) is 6.21 Å². The lowest BCUT2D eigenvalue weighted by molar-refractivity contribution is 0.0872. The van der Waals surface area contributed by atoms with Gasteiger partial charge in [0.2, 0.25) is 0 Å². The van der Waals surface area contributed by atoms with Crippen molar-refractivity contribution >= 4 is 24.5 Å². The summed E-state index contributed by atoms with van der Waals surface area (Å²) in [6.45, 7) is 3.32. The number of hydrogen-bond donors (Lipinski definition) is 2. The van der Waals surface area contributed by atoms with Gasteiger partial charge in [-0.15, -0.1) is 0 Å². The zero-order valence-electron chi connectivity index (χ0n) is 18.2. The fourth-order valence-electron chi connectivity index (χ4n) is 3.09. The summed E-state index contributed by atoms with van der Waals surface area (Å²) in [7, 11) is 1.61. The van der Waals surface area contributed by atoms with Crippen molar-refractivity contribution < 1.29 is 14.3 Å². The number of methoxy groups -OCH3 is 1. The van der Waals surface area contributed by atoms with Gasteiger partial charge in [-0.25, -0.2) is 0 Å². The highest BCUT2D eigenvalue weighted by Crippen LogP contribution is 2.16. The van der Waals surface area contributed by atoms with E-state index >= 15 is 0 Å². The molecule has 164 valence electrons. The second-order valence-electron chi connectivity index (χ2n) is 7.12. The first kappa shape index (κ1) is 24.0. The average Bonchev–Trinajstić information content (AvgIpc) is 2.79. The highest BCUT2D eigenvalue weighted by molar-refractivity contribution is 5.89. The van der Waals surface area contributed by atoms with Gasteiger partial charge in [-0.1, -0.05) is 30.3 Å². The topological polar surface area (TPSA) is 83.8 Å². The monoisotopic (exact) mass is 421 g/mol. The third kappa shape index (κ3) is 8.97. The van der Waals surface area contributed by atoms with Crippen molar-refractivity contribution in [3.63, 3.8) is 0 Å². The van der Waals surface area contributed by atoms with E-state index in [0.29, 0.717) is 17.7 Å². The standard InChI is InChI=1S/C25H31N3O3/c1-20(30-2)15-22(9-12-26)16-21-7-5-3-4-6-8-25(23(17-21)18-29)28-19-27-24-10-13-31-14-11-24/h3-9,12,15,17-19,24,26H,10-11,13-14,16H2,1-2H3,(H,27,28)/b4-3?,5-3?,6-4?,7-5?,8-6?,20-15+,21-7?,21-17?,22-9+,23-17?,25-8?,25-23?,26-12?. The molecule has 2 rings (SSSR count). The molecule has 0 aliphatic carbocycles. The number of rotatable bonds is 9. The molecule has 6 heteroatoms. The average molecular weight is 422 g/mol. The normalized spacial score (nSPS) is 15.3. The quantitative estimate of drug-likeness (QED) is 0.195.